The van der Waals surface area contributed by atoms with Gasteiger partial charge in [0, 0.05) is 6.54 Å². The van der Waals surface area contributed by atoms with E-state index in [1.807, 2.05) is 12.1 Å². The first-order chi connectivity index (χ1) is 8.58. The Labute approximate surface area is 118 Å². The first-order valence-corrected chi connectivity index (χ1v) is 6.44. The number of hydrogen-bond donors (Lipinski definition) is 3. The number of halogens is 2. The highest BCUT2D eigenvalue weighted by Gasteiger charge is 2.04. The van der Waals surface area contributed by atoms with Crippen molar-refractivity contribution in [3.8, 4) is 11.5 Å². The largest absolute Gasteiger partial charge is 0.504 e. The molecule has 2 aromatic rings. The van der Waals surface area contributed by atoms with Crippen LogP contribution < -0.4 is 5.32 Å². The lowest BCUT2D eigenvalue weighted by atomic mass is 10.2. The minimum absolute atomic E-state index is 0.123. The number of phenols is 2. The predicted molar refractivity (Wildman–Crippen MR) is 76.3 cm³/mol. The van der Waals surface area contributed by atoms with Crippen LogP contribution in [0.4, 0.5) is 5.69 Å². The number of phenolic OH excluding ortho intramolecular Hbond substituents is 2. The second-order valence-electron chi connectivity index (χ2n) is 3.78. The first-order valence-electron chi connectivity index (χ1n) is 5.26. The van der Waals surface area contributed by atoms with Crippen LogP contribution in [0.1, 0.15) is 5.56 Å². The second-order valence-corrected chi connectivity index (χ2v) is 4.98. The molecule has 0 unspecified atom stereocenters. The molecule has 3 N–H and O–H groups in total. The van der Waals surface area contributed by atoms with Crippen molar-refractivity contribution in [2.24, 2.45) is 0 Å². The Balaban J connectivity index is 2.11. The summed E-state index contributed by atoms with van der Waals surface area (Å²) in [5.41, 5.74) is 1.73. The Morgan fingerprint density at radius 3 is 2.61 bits per heavy atom. The van der Waals surface area contributed by atoms with Crippen LogP contribution in [0.3, 0.4) is 0 Å². The average molecular weight is 329 g/mol. The standard InChI is InChI=1S/C13H11BrClNO2/c14-13-9(15)2-1-3-10(13)16-7-8-4-5-11(17)12(18)6-8/h1-6,16-18H,7H2. The topological polar surface area (TPSA) is 52.5 Å². The number of benzene rings is 2. The van der Waals surface area contributed by atoms with E-state index in [1.165, 1.54) is 12.1 Å². The monoisotopic (exact) mass is 327 g/mol. The summed E-state index contributed by atoms with van der Waals surface area (Å²) in [6, 6.07) is 10.3. The molecule has 5 heteroatoms. The van der Waals surface area contributed by atoms with Gasteiger partial charge in [0.15, 0.2) is 11.5 Å². The molecule has 94 valence electrons. The zero-order chi connectivity index (χ0) is 13.1. The van der Waals surface area contributed by atoms with E-state index in [-0.39, 0.29) is 11.5 Å². The van der Waals surface area contributed by atoms with E-state index in [4.69, 9.17) is 11.6 Å². The molecule has 0 atom stereocenters. The Bertz CT molecular complexity index is 575. The van der Waals surface area contributed by atoms with Crippen molar-refractivity contribution >= 4 is 33.2 Å². The molecule has 0 spiro atoms. The summed E-state index contributed by atoms with van der Waals surface area (Å²) < 4.78 is 0.801. The lowest BCUT2D eigenvalue weighted by Gasteiger charge is -2.10. The van der Waals surface area contributed by atoms with Crippen LogP contribution in [0.5, 0.6) is 11.5 Å². The predicted octanol–water partition coefficient (Wildman–Crippen LogP) is 4.13. The molecule has 2 rings (SSSR count). The fourth-order valence-electron chi connectivity index (χ4n) is 1.52. The summed E-state index contributed by atoms with van der Waals surface area (Å²) in [5.74, 6) is -0.248. The van der Waals surface area contributed by atoms with Crippen LogP contribution in [0, 0.1) is 0 Å². The maximum atomic E-state index is 9.39. The van der Waals surface area contributed by atoms with Gasteiger partial charge in [0.05, 0.1) is 15.2 Å². The lowest BCUT2D eigenvalue weighted by Crippen LogP contribution is -1.99. The van der Waals surface area contributed by atoms with Gasteiger partial charge in [-0.25, -0.2) is 0 Å². The Morgan fingerprint density at radius 1 is 1.11 bits per heavy atom. The highest BCUT2D eigenvalue weighted by Crippen LogP contribution is 2.31. The third-order valence-corrected chi connectivity index (χ3v) is 3.87. The first kappa shape index (κ1) is 13.1. The van der Waals surface area contributed by atoms with Crippen molar-refractivity contribution in [3.63, 3.8) is 0 Å². The minimum atomic E-state index is -0.126. The van der Waals surface area contributed by atoms with Crippen LogP contribution in [0.15, 0.2) is 40.9 Å². The number of anilines is 1. The highest BCUT2D eigenvalue weighted by atomic mass is 79.9. The summed E-state index contributed by atoms with van der Waals surface area (Å²) in [6.07, 6.45) is 0. The van der Waals surface area contributed by atoms with Crippen molar-refractivity contribution in [1.29, 1.82) is 0 Å². The molecular weight excluding hydrogens is 318 g/mol. The van der Waals surface area contributed by atoms with E-state index in [2.05, 4.69) is 21.2 Å². The third-order valence-electron chi connectivity index (χ3n) is 2.47. The molecule has 0 bridgehead atoms. The van der Waals surface area contributed by atoms with Gasteiger partial charge in [-0.05, 0) is 45.8 Å². The fraction of sp³-hybridized carbons (Fsp3) is 0.0769. The van der Waals surface area contributed by atoms with Crippen LogP contribution in [0.2, 0.25) is 5.02 Å². The van der Waals surface area contributed by atoms with Crippen molar-refractivity contribution in [1.82, 2.24) is 0 Å². The fourth-order valence-corrected chi connectivity index (χ4v) is 2.10. The van der Waals surface area contributed by atoms with E-state index in [1.54, 1.807) is 12.1 Å². The maximum Gasteiger partial charge on any atom is 0.157 e. The molecule has 0 radical (unpaired) electrons. The zero-order valence-electron chi connectivity index (χ0n) is 9.32. The smallest absolute Gasteiger partial charge is 0.157 e. The number of rotatable bonds is 3. The SMILES string of the molecule is Oc1ccc(CNc2cccc(Cl)c2Br)cc1O. The summed E-state index contributed by atoms with van der Waals surface area (Å²) in [5, 5.41) is 22.4. The highest BCUT2D eigenvalue weighted by molar-refractivity contribution is 9.10. The molecule has 0 amide bonds. The Hall–Kier alpha value is -1.39. The van der Waals surface area contributed by atoms with E-state index < -0.39 is 0 Å². The molecule has 2 aromatic carbocycles. The van der Waals surface area contributed by atoms with Crippen LogP contribution in [-0.4, -0.2) is 10.2 Å². The quantitative estimate of drug-likeness (QED) is 0.743. The second kappa shape index (κ2) is 5.50. The molecule has 3 nitrogen and oxygen atoms in total. The van der Waals surface area contributed by atoms with Gasteiger partial charge in [0.25, 0.3) is 0 Å². The normalized spacial score (nSPS) is 10.3. The molecule has 0 aliphatic carbocycles. The molecular formula is C13H11BrClNO2. The molecule has 18 heavy (non-hydrogen) atoms. The van der Waals surface area contributed by atoms with E-state index >= 15 is 0 Å². The van der Waals surface area contributed by atoms with Crippen molar-refractivity contribution in [2.45, 2.75) is 6.54 Å². The summed E-state index contributed by atoms with van der Waals surface area (Å²) >= 11 is 9.38. The van der Waals surface area contributed by atoms with Gasteiger partial charge in [-0.15, -0.1) is 0 Å². The van der Waals surface area contributed by atoms with Gasteiger partial charge in [0.1, 0.15) is 0 Å². The van der Waals surface area contributed by atoms with Crippen LogP contribution in [0.25, 0.3) is 0 Å². The van der Waals surface area contributed by atoms with E-state index in [0.717, 1.165) is 15.7 Å². The van der Waals surface area contributed by atoms with Gasteiger partial charge in [-0.2, -0.15) is 0 Å². The number of nitrogens with one attached hydrogen (secondary N) is 1. The van der Waals surface area contributed by atoms with E-state index in [9.17, 15) is 10.2 Å². The van der Waals surface area contributed by atoms with Crippen LogP contribution in [-0.2, 0) is 6.54 Å². The lowest BCUT2D eigenvalue weighted by molar-refractivity contribution is 0.403. The molecule has 0 aromatic heterocycles. The van der Waals surface area contributed by atoms with E-state index in [0.29, 0.717) is 11.6 Å². The van der Waals surface area contributed by atoms with Crippen molar-refractivity contribution in [2.75, 3.05) is 5.32 Å². The number of hydrogen-bond acceptors (Lipinski definition) is 3. The average Bonchev–Trinajstić information content (AvgIpc) is 2.35. The van der Waals surface area contributed by atoms with Gasteiger partial charge in [0.2, 0.25) is 0 Å². The molecule has 0 aliphatic heterocycles. The molecule has 0 saturated carbocycles. The van der Waals surface area contributed by atoms with Gasteiger partial charge < -0.3 is 15.5 Å². The Morgan fingerprint density at radius 2 is 1.89 bits per heavy atom. The number of aromatic hydroxyl groups is 2. The van der Waals surface area contributed by atoms with Gasteiger partial charge >= 0.3 is 0 Å². The Kier molecular flexibility index (Phi) is 3.99. The van der Waals surface area contributed by atoms with Crippen LogP contribution >= 0.6 is 27.5 Å². The van der Waals surface area contributed by atoms with Crippen molar-refractivity contribution < 1.29 is 10.2 Å². The maximum absolute atomic E-state index is 9.39. The summed E-state index contributed by atoms with van der Waals surface area (Å²) in [7, 11) is 0. The van der Waals surface area contributed by atoms with Gasteiger partial charge in [-0.1, -0.05) is 23.7 Å². The zero-order valence-corrected chi connectivity index (χ0v) is 11.7. The molecule has 0 saturated heterocycles. The minimum Gasteiger partial charge on any atom is -0.504 e. The summed E-state index contributed by atoms with van der Waals surface area (Å²) in [6.45, 7) is 0.521. The van der Waals surface area contributed by atoms with Gasteiger partial charge in [-0.3, -0.25) is 0 Å². The molecule has 0 aliphatic rings. The summed E-state index contributed by atoms with van der Waals surface area (Å²) in [4.78, 5) is 0. The van der Waals surface area contributed by atoms with Crippen molar-refractivity contribution in [3.05, 3.63) is 51.5 Å². The molecule has 0 fully saturated rings. The molecule has 0 heterocycles. The third kappa shape index (κ3) is 2.89.